The van der Waals surface area contributed by atoms with Gasteiger partial charge in [-0.15, -0.1) is 11.3 Å². The number of thiophene rings is 1. The minimum absolute atomic E-state index is 0.424. The maximum absolute atomic E-state index is 10.9. The third-order valence-corrected chi connectivity index (χ3v) is 4.59. The Kier molecular flexibility index (Phi) is 5.53. The van der Waals surface area contributed by atoms with Crippen molar-refractivity contribution >= 4 is 17.6 Å². The van der Waals surface area contributed by atoms with E-state index in [1.54, 1.807) is 24.5 Å². The average molecular weight is 303 g/mol. The molecule has 0 aliphatic heterocycles. The van der Waals surface area contributed by atoms with Crippen molar-refractivity contribution in [3.8, 4) is 5.75 Å². The molecular weight excluding hydrogens is 282 g/mol. The van der Waals surface area contributed by atoms with Crippen LogP contribution in [0.15, 0.2) is 35.7 Å². The molecular formula is C17H21NO2S. The molecule has 0 aliphatic carbocycles. The number of ether oxygens (including phenoxy) is 1. The SMILES string of the molecule is COc1ccc(C=O)cc1CN(C)C(C)Cc1cccs1. The van der Waals surface area contributed by atoms with E-state index in [2.05, 4.69) is 36.4 Å². The smallest absolute Gasteiger partial charge is 0.150 e. The van der Waals surface area contributed by atoms with Gasteiger partial charge in [0.2, 0.25) is 0 Å². The van der Waals surface area contributed by atoms with Gasteiger partial charge in [0.1, 0.15) is 12.0 Å². The molecule has 0 bridgehead atoms. The highest BCUT2D eigenvalue weighted by molar-refractivity contribution is 7.09. The highest BCUT2D eigenvalue weighted by atomic mass is 32.1. The third-order valence-electron chi connectivity index (χ3n) is 3.69. The van der Waals surface area contributed by atoms with Crippen LogP contribution in [0.3, 0.4) is 0 Å². The summed E-state index contributed by atoms with van der Waals surface area (Å²) in [5.41, 5.74) is 1.73. The van der Waals surface area contributed by atoms with Crippen molar-refractivity contribution in [2.45, 2.75) is 25.9 Å². The molecule has 4 heteroatoms. The van der Waals surface area contributed by atoms with Gasteiger partial charge < -0.3 is 4.74 Å². The molecule has 0 aliphatic rings. The Labute approximate surface area is 130 Å². The van der Waals surface area contributed by atoms with Crippen LogP contribution in [-0.2, 0) is 13.0 Å². The number of carbonyl (C=O) groups excluding carboxylic acids is 1. The number of hydrogen-bond donors (Lipinski definition) is 0. The molecule has 0 spiro atoms. The summed E-state index contributed by atoms with van der Waals surface area (Å²) in [6, 6.07) is 10.2. The maximum atomic E-state index is 10.9. The molecule has 3 nitrogen and oxygen atoms in total. The first-order valence-corrected chi connectivity index (χ1v) is 7.86. The summed E-state index contributed by atoms with van der Waals surface area (Å²) in [5.74, 6) is 0.829. The van der Waals surface area contributed by atoms with Crippen molar-refractivity contribution in [3.63, 3.8) is 0 Å². The van der Waals surface area contributed by atoms with E-state index in [0.717, 1.165) is 30.6 Å². The summed E-state index contributed by atoms with van der Waals surface area (Å²) in [5, 5.41) is 2.11. The van der Waals surface area contributed by atoms with Crippen LogP contribution >= 0.6 is 11.3 Å². The van der Waals surface area contributed by atoms with Crippen LogP contribution in [0.25, 0.3) is 0 Å². The topological polar surface area (TPSA) is 29.5 Å². The normalized spacial score (nSPS) is 12.4. The second kappa shape index (κ2) is 7.38. The van der Waals surface area contributed by atoms with Gasteiger partial charge in [0.15, 0.2) is 0 Å². The Morgan fingerprint density at radius 3 is 2.81 bits per heavy atom. The summed E-state index contributed by atoms with van der Waals surface area (Å²) >= 11 is 1.79. The second-order valence-electron chi connectivity index (χ2n) is 5.24. The molecule has 0 radical (unpaired) electrons. The lowest BCUT2D eigenvalue weighted by Crippen LogP contribution is -2.30. The lowest BCUT2D eigenvalue weighted by Gasteiger charge is -2.25. The van der Waals surface area contributed by atoms with Gasteiger partial charge in [0.05, 0.1) is 7.11 Å². The Morgan fingerprint density at radius 2 is 2.19 bits per heavy atom. The summed E-state index contributed by atoms with van der Waals surface area (Å²) in [4.78, 5) is 14.6. The molecule has 1 atom stereocenters. The predicted octanol–water partition coefficient (Wildman–Crippen LogP) is 3.63. The van der Waals surface area contributed by atoms with Crippen molar-refractivity contribution in [2.75, 3.05) is 14.2 Å². The molecule has 1 aromatic carbocycles. The van der Waals surface area contributed by atoms with Gasteiger partial charge in [-0.25, -0.2) is 0 Å². The fourth-order valence-electron chi connectivity index (χ4n) is 2.30. The summed E-state index contributed by atoms with van der Waals surface area (Å²) in [6.45, 7) is 2.98. The van der Waals surface area contributed by atoms with Crippen molar-refractivity contribution < 1.29 is 9.53 Å². The first-order valence-electron chi connectivity index (χ1n) is 6.98. The van der Waals surface area contributed by atoms with E-state index in [9.17, 15) is 4.79 Å². The van der Waals surface area contributed by atoms with Gasteiger partial charge in [-0.05, 0) is 50.0 Å². The number of methoxy groups -OCH3 is 1. The van der Waals surface area contributed by atoms with Gasteiger partial charge in [-0.3, -0.25) is 9.69 Å². The molecule has 21 heavy (non-hydrogen) atoms. The van der Waals surface area contributed by atoms with Crippen LogP contribution in [0.1, 0.15) is 27.7 Å². The zero-order valence-electron chi connectivity index (χ0n) is 12.7. The largest absolute Gasteiger partial charge is 0.496 e. The van der Waals surface area contributed by atoms with Crippen molar-refractivity contribution in [1.29, 1.82) is 0 Å². The average Bonchev–Trinajstić information content (AvgIpc) is 2.99. The summed E-state index contributed by atoms with van der Waals surface area (Å²) in [6.07, 6.45) is 1.90. The monoisotopic (exact) mass is 303 g/mol. The molecule has 2 rings (SSSR count). The minimum Gasteiger partial charge on any atom is -0.496 e. The standard InChI is InChI=1S/C17H21NO2S/c1-13(9-16-5-4-8-21-16)18(2)11-15-10-14(12-19)6-7-17(15)20-3/h4-8,10,12-13H,9,11H2,1-3H3. The Bertz CT molecular complexity index is 580. The fraction of sp³-hybridized carbons (Fsp3) is 0.353. The third kappa shape index (κ3) is 4.16. The van der Waals surface area contributed by atoms with E-state index < -0.39 is 0 Å². The molecule has 0 N–H and O–H groups in total. The predicted molar refractivity (Wildman–Crippen MR) is 87.3 cm³/mol. The van der Waals surface area contributed by atoms with Gasteiger partial charge in [0, 0.05) is 28.6 Å². The fourth-order valence-corrected chi connectivity index (χ4v) is 3.12. The molecule has 1 heterocycles. The number of rotatable bonds is 7. The van der Waals surface area contributed by atoms with Crippen LogP contribution in [-0.4, -0.2) is 31.4 Å². The van der Waals surface area contributed by atoms with Crippen molar-refractivity contribution in [3.05, 3.63) is 51.7 Å². The second-order valence-corrected chi connectivity index (χ2v) is 6.27. The lowest BCUT2D eigenvalue weighted by atomic mass is 10.1. The summed E-state index contributed by atoms with van der Waals surface area (Å²) in [7, 11) is 3.76. The number of aldehydes is 1. The minimum atomic E-state index is 0.424. The van der Waals surface area contributed by atoms with E-state index in [0.29, 0.717) is 11.6 Å². The highest BCUT2D eigenvalue weighted by Crippen LogP contribution is 2.22. The lowest BCUT2D eigenvalue weighted by molar-refractivity contribution is 0.112. The molecule has 2 aromatic rings. The zero-order valence-corrected chi connectivity index (χ0v) is 13.5. The molecule has 0 fully saturated rings. The van der Waals surface area contributed by atoms with E-state index in [4.69, 9.17) is 4.74 Å². The Hall–Kier alpha value is -1.65. The molecule has 1 aromatic heterocycles. The van der Waals surface area contributed by atoms with E-state index in [1.165, 1.54) is 4.88 Å². The van der Waals surface area contributed by atoms with Gasteiger partial charge >= 0.3 is 0 Å². The first kappa shape index (κ1) is 15.7. The molecule has 112 valence electrons. The quantitative estimate of drug-likeness (QED) is 0.732. The number of nitrogens with zero attached hydrogens (tertiary/aromatic N) is 1. The Balaban J connectivity index is 2.07. The number of likely N-dealkylation sites (N-methyl/N-ethyl adjacent to an activating group) is 1. The Morgan fingerprint density at radius 1 is 1.38 bits per heavy atom. The van der Waals surface area contributed by atoms with Crippen LogP contribution in [0.2, 0.25) is 0 Å². The number of benzene rings is 1. The highest BCUT2D eigenvalue weighted by Gasteiger charge is 2.14. The van der Waals surface area contributed by atoms with Crippen molar-refractivity contribution in [2.24, 2.45) is 0 Å². The van der Waals surface area contributed by atoms with Crippen LogP contribution < -0.4 is 4.74 Å². The van der Waals surface area contributed by atoms with E-state index in [1.807, 2.05) is 12.1 Å². The molecule has 0 saturated heterocycles. The van der Waals surface area contributed by atoms with Gasteiger partial charge in [-0.2, -0.15) is 0 Å². The summed E-state index contributed by atoms with van der Waals surface area (Å²) < 4.78 is 5.39. The number of hydrogen-bond acceptors (Lipinski definition) is 4. The molecule has 1 unspecified atom stereocenters. The molecule has 0 saturated carbocycles. The zero-order chi connectivity index (χ0) is 15.2. The van der Waals surface area contributed by atoms with Crippen LogP contribution in [0.4, 0.5) is 0 Å². The van der Waals surface area contributed by atoms with Gasteiger partial charge in [0.25, 0.3) is 0 Å². The van der Waals surface area contributed by atoms with E-state index in [-0.39, 0.29) is 0 Å². The van der Waals surface area contributed by atoms with Crippen molar-refractivity contribution in [1.82, 2.24) is 4.90 Å². The molecule has 0 amide bonds. The van der Waals surface area contributed by atoms with Crippen LogP contribution in [0.5, 0.6) is 5.75 Å². The van der Waals surface area contributed by atoms with Crippen LogP contribution in [0, 0.1) is 0 Å². The van der Waals surface area contributed by atoms with E-state index >= 15 is 0 Å². The number of carbonyl (C=O) groups is 1. The van der Waals surface area contributed by atoms with Gasteiger partial charge in [-0.1, -0.05) is 6.07 Å². The first-order chi connectivity index (χ1) is 10.1. The maximum Gasteiger partial charge on any atom is 0.150 e.